The van der Waals surface area contributed by atoms with Gasteiger partial charge in [0, 0.05) is 0 Å². The summed E-state index contributed by atoms with van der Waals surface area (Å²) in [4.78, 5) is 36.9. The van der Waals surface area contributed by atoms with Crippen LogP contribution in [0.1, 0.15) is 20.8 Å². The number of ether oxygens (including phenoxy) is 3. The van der Waals surface area contributed by atoms with Gasteiger partial charge in [-0.3, -0.25) is 9.69 Å². The number of likely N-dealkylation sites (tertiary alicyclic amines) is 1. The van der Waals surface area contributed by atoms with Crippen molar-refractivity contribution in [3.63, 3.8) is 0 Å². The molecule has 0 radical (unpaired) electrons. The Morgan fingerprint density at radius 2 is 1.84 bits per heavy atom. The molecule has 142 valence electrons. The number of methoxy groups -OCH3 is 1. The summed E-state index contributed by atoms with van der Waals surface area (Å²) in [5.41, 5.74) is -0.290. The van der Waals surface area contributed by atoms with Crippen LogP contribution in [0.2, 0.25) is 0 Å². The number of β-lactam (4-membered cyclic amide) rings is 1. The monoisotopic (exact) mass is 435 g/mol. The summed E-state index contributed by atoms with van der Waals surface area (Å²) in [6, 6.07) is 0. The van der Waals surface area contributed by atoms with Crippen LogP contribution in [0.15, 0.2) is 11.3 Å². The molecular weight excluding hydrogens is 420 g/mol. The maximum absolute atomic E-state index is 12.4. The minimum absolute atomic E-state index is 0.0507. The zero-order chi connectivity index (χ0) is 19.5. The van der Waals surface area contributed by atoms with E-state index in [0.29, 0.717) is 5.57 Å². The van der Waals surface area contributed by atoms with E-state index >= 15 is 0 Å². The number of nitrogens with zero attached hydrogens (tertiary/aromatic N) is 1. The second-order valence-corrected chi connectivity index (χ2v) is 8.39. The molecule has 0 aliphatic carbocycles. The van der Waals surface area contributed by atoms with Gasteiger partial charge >= 0.3 is 12.1 Å². The Balaban J connectivity index is 2.74. The molecule has 3 atom stereocenters. The van der Waals surface area contributed by atoms with E-state index in [1.165, 1.54) is 14.0 Å². The van der Waals surface area contributed by atoms with E-state index in [1.807, 2.05) is 0 Å². The van der Waals surface area contributed by atoms with Crippen LogP contribution in [0.25, 0.3) is 0 Å². The van der Waals surface area contributed by atoms with E-state index in [-0.39, 0.29) is 5.70 Å². The Kier molecular flexibility index (Phi) is 7.68. The molecule has 0 spiro atoms. The Morgan fingerprint density at radius 1 is 1.28 bits per heavy atom. The highest BCUT2D eigenvalue weighted by Gasteiger charge is 2.53. The molecule has 1 amide bonds. The molecule has 1 aliphatic rings. The molecule has 0 aromatic rings. The first-order valence-corrected chi connectivity index (χ1v) is 8.60. The molecule has 25 heavy (non-hydrogen) atoms. The molecular formula is C14H17Cl4NO6. The lowest BCUT2D eigenvalue weighted by atomic mass is 9.91. The maximum atomic E-state index is 12.4. The van der Waals surface area contributed by atoms with Gasteiger partial charge in [-0.1, -0.05) is 46.4 Å². The zero-order valence-electron chi connectivity index (χ0n) is 13.8. The highest BCUT2D eigenvalue weighted by molar-refractivity contribution is 6.67. The second-order valence-electron chi connectivity index (χ2n) is 5.42. The molecule has 7 nitrogen and oxygen atoms in total. The molecule has 0 bridgehead atoms. The average Bonchev–Trinajstić information content (AvgIpc) is 2.48. The molecule has 11 heteroatoms. The Morgan fingerprint density at radius 3 is 2.24 bits per heavy atom. The number of esters is 1. The van der Waals surface area contributed by atoms with Gasteiger partial charge in [0.2, 0.25) is 9.70 Å². The molecule has 0 aromatic carbocycles. The van der Waals surface area contributed by atoms with Gasteiger partial charge in [-0.15, -0.1) is 0 Å². The van der Waals surface area contributed by atoms with Gasteiger partial charge in [-0.05, 0) is 26.3 Å². The van der Waals surface area contributed by atoms with E-state index in [2.05, 4.69) is 9.47 Å². The van der Waals surface area contributed by atoms with Crippen molar-refractivity contribution in [2.75, 3.05) is 13.7 Å². The van der Waals surface area contributed by atoms with E-state index in [0.717, 1.165) is 4.90 Å². The third kappa shape index (κ3) is 5.54. The van der Waals surface area contributed by atoms with Gasteiger partial charge in [0.05, 0.1) is 7.11 Å². The number of carbonyl (C=O) groups excluding carboxylic acids is 3. The smallest absolute Gasteiger partial charge is 0.464 e. The van der Waals surface area contributed by atoms with Crippen LogP contribution in [0.5, 0.6) is 0 Å². The first-order valence-electron chi connectivity index (χ1n) is 7.03. The number of carbonyl (C=O) groups is 3. The van der Waals surface area contributed by atoms with Gasteiger partial charge in [-0.25, -0.2) is 9.59 Å². The van der Waals surface area contributed by atoms with Crippen molar-refractivity contribution in [1.29, 1.82) is 0 Å². The molecule has 1 fully saturated rings. The fourth-order valence-corrected chi connectivity index (χ4v) is 2.85. The van der Waals surface area contributed by atoms with Crippen molar-refractivity contribution < 1.29 is 28.6 Å². The molecule has 0 saturated carbocycles. The first kappa shape index (κ1) is 22.2. The number of hydrogen-bond acceptors (Lipinski definition) is 6. The topological polar surface area (TPSA) is 82.1 Å². The van der Waals surface area contributed by atoms with Crippen LogP contribution in [0.4, 0.5) is 4.79 Å². The van der Waals surface area contributed by atoms with E-state index in [1.54, 1.807) is 13.8 Å². The average molecular weight is 437 g/mol. The van der Waals surface area contributed by atoms with Crippen molar-refractivity contribution >= 4 is 64.4 Å². The summed E-state index contributed by atoms with van der Waals surface area (Å²) in [5, 5.41) is 0. The number of amides is 1. The summed E-state index contributed by atoms with van der Waals surface area (Å²) in [6.07, 6.45) is -2.02. The third-order valence-electron chi connectivity index (χ3n) is 3.30. The number of hydrogen-bond donors (Lipinski definition) is 0. The van der Waals surface area contributed by atoms with Crippen LogP contribution >= 0.6 is 46.4 Å². The molecule has 0 N–H and O–H groups in total. The van der Waals surface area contributed by atoms with Crippen molar-refractivity contribution in [2.45, 2.75) is 36.2 Å². The van der Waals surface area contributed by atoms with Crippen LogP contribution in [-0.4, -0.2) is 52.0 Å². The summed E-state index contributed by atoms with van der Waals surface area (Å²) in [5.74, 6) is -2.03. The van der Waals surface area contributed by atoms with E-state index < -0.39 is 46.0 Å². The van der Waals surface area contributed by atoms with Crippen LogP contribution in [0, 0.1) is 5.92 Å². The fraction of sp³-hybridized carbons (Fsp3) is 0.643. The van der Waals surface area contributed by atoms with Gasteiger partial charge in [0.15, 0.2) is 0 Å². The Labute approximate surface area is 165 Å². The Bertz CT molecular complexity index is 584. The summed E-state index contributed by atoms with van der Waals surface area (Å²) >= 11 is 22.6. The predicted octanol–water partition coefficient (Wildman–Crippen LogP) is 3.39. The van der Waals surface area contributed by atoms with E-state index in [9.17, 15) is 14.4 Å². The molecule has 1 rings (SSSR count). The molecule has 1 saturated heterocycles. The van der Waals surface area contributed by atoms with Crippen LogP contribution in [0.3, 0.4) is 0 Å². The summed E-state index contributed by atoms with van der Waals surface area (Å²) < 4.78 is 12.5. The first-order chi connectivity index (χ1) is 11.4. The lowest BCUT2D eigenvalue weighted by Crippen LogP contribution is -2.62. The van der Waals surface area contributed by atoms with Gasteiger partial charge in [0.25, 0.3) is 0 Å². The lowest BCUT2D eigenvalue weighted by Gasteiger charge is -2.45. The third-order valence-corrected chi connectivity index (χ3v) is 4.09. The minimum Gasteiger partial charge on any atom is -0.464 e. The van der Waals surface area contributed by atoms with Crippen molar-refractivity contribution in [3.8, 4) is 0 Å². The maximum Gasteiger partial charge on any atom is 0.508 e. The van der Waals surface area contributed by atoms with Gasteiger partial charge in [0.1, 0.15) is 29.8 Å². The van der Waals surface area contributed by atoms with Crippen LogP contribution in [-0.2, 0) is 23.8 Å². The predicted molar refractivity (Wildman–Crippen MR) is 92.6 cm³/mol. The zero-order valence-corrected chi connectivity index (χ0v) is 16.9. The highest BCUT2D eigenvalue weighted by Crippen LogP contribution is 2.38. The molecule has 0 aromatic heterocycles. The van der Waals surface area contributed by atoms with E-state index in [4.69, 9.17) is 51.1 Å². The van der Waals surface area contributed by atoms with Crippen LogP contribution < -0.4 is 0 Å². The number of halogens is 4. The number of alkyl halides is 4. The quantitative estimate of drug-likeness (QED) is 0.216. The molecule has 1 heterocycles. The number of allylic oxidation sites excluding steroid dienone is 1. The van der Waals surface area contributed by atoms with Gasteiger partial charge < -0.3 is 14.2 Å². The van der Waals surface area contributed by atoms with Crippen molar-refractivity contribution in [1.82, 2.24) is 4.90 Å². The molecule has 1 aliphatic heterocycles. The van der Waals surface area contributed by atoms with Gasteiger partial charge in [-0.2, -0.15) is 0 Å². The fourth-order valence-electron chi connectivity index (χ4n) is 2.18. The highest BCUT2D eigenvalue weighted by atomic mass is 35.6. The van der Waals surface area contributed by atoms with Crippen molar-refractivity contribution in [3.05, 3.63) is 11.3 Å². The second kappa shape index (κ2) is 8.66. The normalized spacial score (nSPS) is 21.1. The minimum atomic E-state index is -1.78. The SMILES string of the molecule is COC(=O)C(=C(C)C)N1C(=O)C(C(C)OC(=O)OCC(Cl)(Cl)Cl)[C@H]1Cl. The largest absolute Gasteiger partial charge is 0.508 e. The standard InChI is InChI=1S/C14H17Cl4NO6/c1-6(2)9(12(21)23-4)19-10(15)8(11(19)20)7(3)25-13(22)24-5-14(16,17)18/h7-8,10H,5H2,1-4H3/t7?,8?,10-/m0/s1. The Hall–Kier alpha value is -0.890. The number of rotatable bonds is 5. The van der Waals surface area contributed by atoms with Crippen molar-refractivity contribution in [2.24, 2.45) is 5.92 Å². The lowest BCUT2D eigenvalue weighted by molar-refractivity contribution is -0.159. The molecule has 2 unspecified atom stereocenters. The summed E-state index contributed by atoms with van der Waals surface area (Å²) in [7, 11) is 1.20. The summed E-state index contributed by atoms with van der Waals surface area (Å²) in [6.45, 7) is 4.24.